The predicted octanol–water partition coefficient (Wildman–Crippen LogP) is 1.77. The Morgan fingerprint density at radius 1 is 1.50 bits per heavy atom. The Kier molecular flexibility index (Phi) is 3.31. The van der Waals surface area contributed by atoms with E-state index in [-0.39, 0.29) is 6.04 Å². The number of nitrogens with zero attached hydrogens (tertiary/aromatic N) is 3. The fourth-order valence-corrected chi connectivity index (χ4v) is 1.69. The van der Waals surface area contributed by atoms with Crippen LogP contribution in [-0.2, 0) is 0 Å². The fourth-order valence-electron chi connectivity index (χ4n) is 1.69. The Labute approximate surface area is 95.0 Å². The summed E-state index contributed by atoms with van der Waals surface area (Å²) in [4.78, 5) is 0. The minimum absolute atomic E-state index is 0.285. The van der Waals surface area contributed by atoms with Crippen LogP contribution in [0.3, 0.4) is 0 Å². The van der Waals surface area contributed by atoms with Crippen molar-refractivity contribution in [2.45, 2.75) is 13.0 Å². The Balaban J connectivity index is 2.16. The molecule has 1 aromatic carbocycles. The van der Waals surface area contributed by atoms with Gasteiger partial charge < -0.3 is 5.32 Å². The Bertz CT molecular complexity index is 475. The van der Waals surface area contributed by atoms with Gasteiger partial charge in [-0.3, -0.25) is 0 Å². The van der Waals surface area contributed by atoms with Gasteiger partial charge in [0.15, 0.2) is 0 Å². The van der Waals surface area contributed by atoms with Crippen molar-refractivity contribution < 1.29 is 0 Å². The highest BCUT2D eigenvalue weighted by Gasteiger charge is 2.09. The fraction of sp³-hybridized carbons (Fsp3) is 0.333. The molecular formula is C12H16N4. The van der Waals surface area contributed by atoms with Crippen LogP contribution in [0.25, 0.3) is 11.0 Å². The van der Waals surface area contributed by atoms with Crippen molar-refractivity contribution in [1.82, 2.24) is 20.3 Å². The number of benzene rings is 1. The van der Waals surface area contributed by atoms with Gasteiger partial charge in [0.1, 0.15) is 5.52 Å². The van der Waals surface area contributed by atoms with Crippen LogP contribution in [-0.4, -0.2) is 28.1 Å². The molecule has 2 rings (SSSR count). The standard InChI is InChI=1S/C12H16N4/c1-3-8-13-9-10(2)16-12-7-5-4-6-11(12)14-15-16/h3-7,10,13H,1,8-9H2,2H3. The van der Waals surface area contributed by atoms with Gasteiger partial charge >= 0.3 is 0 Å². The number of nitrogens with one attached hydrogen (secondary N) is 1. The smallest absolute Gasteiger partial charge is 0.113 e. The average molecular weight is 216 g/mol. The Morgan fingerprint density at radius 3 is 3.12 bits per heavy atom. The molecule has 1 aromatic heterocycles. The zero-order valence-electron chi connectivity index (χ0n) is 9.43. The topological polar surface area (TPSA) is 42.7 Å². The highest BCUT2D eigenvalue weighted by molar-refractivity contribution is 5.73. The van der Waals surface area contributed by atoms with Crippen LogP contribution >= 0.6 is 0 Å². The molecule has 0 radical (unpaired) electrons. The van der Waals surface area contributed by atoms with Crippen molar-refractivity contribution >= 4 is 11.0 Å². The van der Waals surface area contributed by atoms with Crippen LogP contribution in [0.5, 0.6) is 0 Å². The molecule has 0 bridgehead atoms. The second-order valence-electron chi connectivity index (χ2n) is 3.82. The molecule has 0 aliphatic heterocycles. The second kappa shape index (κ2) is 4.90. The van der Waals surface area contributed by atoms with Crippen LogP contribution in [0.15, 0.2) is 36.9 Å². The molecule has 84 valence electrons. The van der Waals surface area contributed by atoms with E-state index in [1.165, 1.54) is 0 Å². The van der Waals surface area contributed by atoms with Crippen molar-refractivity contribution in [1.29, 1.82) is 0 Å². The van der Waals surface area contributed by atoms with Gasteiger partial charge in [-0.15, -0.1) is 11.7 Å². The lowest BCUT2D eigenvalue weighted by Crippen LogP contribution is -2.24. The molecule has 0 aliphatic rings. The van der Waals surface area contributed by atoms with Crippen LogP contribution in [0, 0.1) is 0 Å². The lowest BCUT2D eigenvalue weighted by atomic mass is 10.3. The summed E-state index contributed by atoms with van der Waals surface area (Å²) in [7, 11) is 0. The van der Waals surface area contributed by atoms with Gasteiger partial charge in [0.25, 0.3) is 0 Å². The average Bonchev–Trinajstić information content (AvgIpc) is 2.73. The van der Waals surface area contributed by atoms with E-state index in [0.717, 1.165) is 24.1 Å². The molecule has 4 heteroatoms. The third-order valence-corrected chi connectivity index (χ3v) is 2.52. The first-order chi connectivity index (χ1) is 7.83. The molecule has 0 spiro atoms. The van der Waals surface area contributed by atoms with Crippen molar-refractivity contribution in [2.24, 2.45) is 0 Å². The van der Waals surface area contributed by atoms with E-state index < -0.39 is 0 Å². The maximum atomic E-state index is 4.17. The first-order valence-electron chi connectivity index (χ1n) is 5.44. The maximum Gasteiger partial charge on any atom is 0.113 e. The number of rotatable bonds is 5. The van der Waals surface area contributed by atoms with Crippen molar-refractivity contribution in [3.63, 3.8) is 0 Å². The highest BCUT2D eigenvalue weighted by atomic mass is 15.4. The summed E-state index contributed by atoms with van der Waals surface area (Å²) in [6, 6.07) is 8.28. The van der Waals surface area contributed by atoms with Gasteiger partial charge in [0, 0.05) is 13.1 Å². The summed E-state index contributed by atoms with van der Waals surface area (Å²) in [5.74, 6) is 0. The van der Waals surface area contributed by atoms with Gasteiger partial charge in [-0.2, -0.15) is 0 Å². The molecule has 2 aromatic rings. The minimum atomic E-state index is 0.285. The largest absolute Gasteiger partial charge is 0.311 e. The molecule has 0 amide bonds. The van der Waals surface area contributed by atoms with E-state index in [1.54, 1.807) is 0 Å². The predicted molar refractivity (Wildman–Crippen MR) is 65.3 cm³/mol. The molecule has 0 saturated carbocycles. The van der Waals surface area contributed by atoms with Crippen LogP contribution in [0.2, 0.25) is 0 Å². The molecule has 1 atom stereocenters. The highest BCUT2D eigenvalue weighted by Crippen LogP contribution is 2.14. The van der Waals surface area contributed by atoms with Crippen molar-refractivity contribution in [3.8, 4) is 0 Å². The third-order valence-electron chi connectivity index (χ3n) is 2.52. The van der Waals surface area contributed by atoms with E-state index in [4.69, 9.17) is 0 Å². The zero-order chi connectivity index (χ0) is 11.4. The molecule has 1 N–H and O–H groups in total. The summed E-state index contributed by atoms with van der Waals surface area (Å²) < 4.78 is 1.95. The van der Waals surface area contributed by atoms with Gasteiger partial charge in [0.05, 0.1) is 11.6 Å². The first kappa shape index (κ1) is 10.8. The summed E-state index contributed by atoms with van der Waals surface area (Å²) >= 11 is 0. The van der Waals surface area contributed by atoms with E-state index >= 15 is 0 Å². The Morgan fingerprint density at radius 2 is 2.31 bits per heavy atom. The Hall–Kier alpha value is -1.68. The van der Waals surface area contributed by atoms with Gasteiger partial charge in [-0.05, 0) is 19.1 Å². The normalized spacial score (nSPS) is 12.8. The van der Waals surface area contributed by atoms with E-state index in [1.807, 2.05) is 35.0 Å². The molecular weight excluding hydrogens is 200 g/mol. The van der Waals surface area contributed by atoms with Gasteiger partial charge in [0.2, 0.25) is 0 Å². The number of fused-ring (bicyclic) bond motifs is 1. The molecule has 16 heavy (non-hydrogen) atoms. The second-order valence-corrected chi connectivity index (χ2v) is 3.82. The van der Waals surface area contributed by atoms with Crippen molar-refractivity contribution in [2.75, 3.05) is 13.1 Å². The van der Waals surface area contributed by atoms with Gasteiger partial charge in [-0.25, -0.2) is 4.68 Å². The number of aromatic nitrogens is 3. The van der Waals surface area contributed by atoms with Crippen LogP contribution in [0.4, 0.5) is 0 Å². The zero-order valence-corrected chi connectivity index (χ0v) is 9.43. The number of para-hydroxylation sites is 1. The lowest BCUT2D eigenvalue weighted by Gasteiger charge is -2.12. The quantitative estimate of drug-likeness (QED) is 0.612. The monoisotopic (exact) mass is 216 g/mol. The molecule has 4 nitrogen and oxygen atoms in total. The molecule has 0 aliphatic carbocycles. The number of hydrogen-bond acceptors (Lipinski definition) is 3. The van der Waals surface area contributed by atoms with Crippen molar-refractivity contribution in [3.05, 3.63) is 36.9 Å². The van der Waals surface area contributed by atoms with E-state index in [2.05, 4.69) is 29.1 Å². The van der Waals surface area contributed by atoms with Crippen LogP contribution < -0.4 is 5.32 Å². The van der Waals surface area contributed by atoms with E-state index in [0.29, 0.717) is 0 Å². The molecule has 1 unspecified atom stereocenters. The maximum absolute atomic E-state index is 4.17. The first-order valence-corrected chi connectivity index (χ1v) is 5.44. The van der Waals surface area contributed by atoms with Gasteiger partial charge in [-0.1, -0.05) is 23.4 Å². The summed E-state index contributed by atoms with van der Waals surface area (Å²) in [6.07, 6.45) is 1.85. The summed E-state index contributed by atoms with van der Waals surface area (Å²) in [6.45, 7) is 7.47. The minimum Gasteiger partial charge on any atom is -0.311 e. The van der Waals surface area contributed by atoms with E-state index in [9.17, 15) is 0 Å². The summed E-state index contributed by atoms with van der Waals surface area (Å²) in [5.41, 5.74) is 2.02. The molecule has 1 heterocycles. The summed E-state index contributed by atoms with van der Waals surface area (Å²) in [5, 5.41) is 11.6. The molecule has 0 saturated heterocycles. The van der Waals surface area contributed by atoms with Crippen LogP contribution in [0.1, 0.15) is 13.0 Å². The lowest BCUT2D eigenvalue weighted by molar-refractivity contribution is 0.464. The molecule has 0 fully saturated rings. The number of hydrogen-bond donors (Lipinski definition) is 1. The third kappa shape index (κ3) is 2.12. The SMILES string of the molecule is C=CCNCC(C)n1nnc2ccccc21.